The van der Waals surface area contributed by atoms with Gasteiger partial charge in [0.2, 0.25) is 6.29 Å². The molecule has 0 aromatic rings. The molecule has 3 aliphatic carbocycles. The van der Waals surface area contributed by atoms with Crippen LogP contribution >= 0.6 is 0 Å². The number of hydrogen-bond donors (Lipinski definition) is 2. The molecule has 1 spiro atoms. The molecule has 7 fully saturated rings. The van der Waals surface area contributed by atoms with E-state index in [1.807, 2.05) is 13.8 Å². The van der Waals surface area contributed by atoms with Crippen molar-refractivity contribution in [3.8, 4) is 0 Å². The average molecular weight is 633 g/mol. The lowest BCUT2D eigenvalue weighted by Crippen LogP contribution is -2.76. The van der Waals surface area contributed by atoms with Crippen molar-refractivity contribution in [2.24, 2.45) is 34.0 Å². The third-order valence-electron chi connectivity index (χ3n) is 13.9. The fourth-order valence-corrected chi connectivity index (χ4v) is 12.0. The van der Waals surface area contributed by atoms with Gasteiger partial charge in [0.25, 0.3) is 5.79 Å². The van der Waals surface area contributed by atoms with Crippen molar-refractivity contribution in [3.05, 3.63) is 24.0 Å². The predicted octanol–water partition coefficient (Wildman–Crippen LogP) is 1.76. The highest BCUT2D eigenvalue weighted by molar-refractivity contribution is 5.87. The van der Waals surface area contributed by atoms with Crippen LogP contribution in [0, 0.1) is 34.0 Å². The van der Waals surface area contributed by atoms with Crippen molar-refractivity contribution < 1.29 is 57.7 Å². The Morgan fingerprint density at radius 1 is 1.11 bits per heavy atom. The average Bonchev–Trinajstić information content (AvgIpc) is 3.77. The van der Waals surface area contributed by atoms with Crippen LogP contribution in [0.1, 0.15) is 53.9 Å². The van der Waals surface area contributed by atoms with Gasteiger partial charge in [0, 0.05) is 46.7 Å². The van der Waals surface area contributed by atoms with E-state index in [2.05, 4.69) is 6.92 Å². The van der Waals surface area contributed by atoms with E-state index in [9.17, 15) is 19.8 Å². The summed E-state index contributed by atoms with van der Waals surface area (Å²) in [5.41, 5.74) is -6.81. The van der Waals surface area contributed by atoms with E-state index in [4.69, 9.17) is 37.9 Å². The Kier molecular flexibility index (Phi) is 5.98. The molecule has 12 heteroatoms. The molecule has 0 aromatic carbocycles. The first-order chi connectivity index (χ1) is 21.2. The van der Waals surface area contributed by atoms with Crippen LogP contribution in [0.4, 0.5) is 0 Å². The summed E-state index contributed by atoms with van der Waals surface area (Å²) in [6.45, 7) is 9.77. The maximum atomic E-state index is 13.9. The highest BCUT2D eigenvalue weighted by Gasteiger charge is 2.92. The third-order valence-corrected chi connectivity index (χ3v) is 13.9. The second kappa shape index (κ2) is 8.89. The van der Waals surface area contributed by atoms with Crippen LogP contribution in [-0.2, 0) is 47.5 Å². The van der Waals surface area contributed by atoms with Crippen LogP contribution in [0.3, 0.4) is 0 Å². The van der Waals surface area contributed by atoms with E-state index in [-0.39, 0.29) is 25.1 Å². The highest BCUT2D eigenvalue weighted by Crippen LogP contribution is 2.80. The molecule has 0 amide bonds. The zero-order valence-corrected chi connectivity index (χ0v) is 26.9. The minimum absolute atomic E-state index is 0.137. The van der Waals surface area contributed by atoms with Gasteiger partial charge in [-0.2, -0.15) is 0 Å². The van der Waals surface area contributed by atoms with Gasteiger partial charge in [-0.3, -0.25) is 0 Å². The van der Waals surface area contributed by atoms with Crippen molar-refractivity contribution in [3.63, 3.8) is 0 Å². The quantitative estimate of drug-likeness (QED) is 0.344. The molecule has 15 atom stereocenters. The number of esters is 2. The predicted molar refractivity (Wildman–Crippen MR) is 152 cm³/mol. The zero-order valence-electron chi connectivity index (χ0n) is 26.9. The van der Waals surface area contributed by atoms with Crippen LogP contribution in [-0.4, -0.2) is 103 Å². The van der Waals surface area contributed by atoms with Gasteiger partial charge >= 0.3 is 11.9 Å². The van der Waals surface area contributed by atoms with Gasteiger partial charge in [-0.25, -0.2) is 9.59 Å². The minimum atomic E-state index is -1.88. The van der Waals surface area contributed by atoms with Gasteiger partial charge in [-0.1, -0.05) is 19.9 Å². The number of hydrogen-bond acceptors (Lipinski definition) is 12. The molecule has 3 saturated carbocycles. The van der Waals surface area contributed by atoms with Crippen molar-refractivity contribution in [1.82, 2.24) is 0 Å². The summed E-state index contributed by atoms with van der Waals surface area (Å²) in [5, 5.41) is 25.3. The smallest absolute Gasteiger partial charge is 0.366 e. The number of carbonyl (C=O) groups is 2. The minimum Gasteiger partial charge on any atom is -0.469 e. The summed E-state index contributed by atoms with van der Waals surface area (Å²) in [7, 11) is 2.72. The summed E-state index contributed by atoms with van der Waals surface area (Å²) >= 11 is 0. The van der Waals surface area contributed by atoms with Gasteiger partial charge in [-0.15, -0.1) is 0 Å². The van der Waals surface area contributed by atoms with Crippen LogP contribution < -0.4 is 0 Å². The standard InChI is InChI=1S/C33H44O12/c1-8-16(2)23(34)43-18-9-10-30-15-42-32(39-7,25(35)38-6)24(30)28(4)22(20-21(30)27(18,3)14-41-20)45-29(5)17-13-19(33(28,29)37)44-26-31(17,36)11-12-40-26/h8,11-12,17-22,24,26,36-37H,9-10,13-15H2,1-7H3/b16-8+/t17-,18-,19+,20-,21+,22-,24+,26+,27-,28-,29-,30-,31+,32+,33+/m1/s1. The molecule has 248 valence electrons. The topological polar surface area (TPSA) is 148 Å². The second-order valence-electron chi connectivity index (χ2n) is 15.2. The molecule has 8 aliphatic rings. The number of rotatable bonds is 4. The number of allylic oxidation sites excluding steroid dienone is 1. The molecule has 0 radical (unpaired) electrons. The van der Waals surface area contributed by atoms with E-state index in [1.54, 1.807) is 26.0 Å². The first kappa shape index (κ1) is 30.3. The lowest BCUT2D eigenvalue weighted by molar-refractivity contribution is -0.309. The van der Waals surface area contributed by atoms with Crippen molar-refractivity contribution >= 4 is 11.9 Å². The lowest BCUT2D eigenvalue weighted by atomic mass is 9.38. The van der Waals surface area contributed by atoms with E-state index in [0.717, 1.165) is 0 Å². The monoisotopic (exact) mass is 632 g/mol. The van der Waals surface area contributed by atoms with E-state index in [0.29, 0.717) is 24.8 Å². The number of ether oxygens (including phenoxy) is 8. The lowest BCUT2D eigenvalue weighted by Gasteiger charge is -2.64. The molecule has 5 aliphatic heterocycles. The first-order valence-corrected chi connectivity index (χ1v) is 16.0. The maximum absolute atomic E-state index is 13.9. The fraction of sp³-hybridized carbons (Fsp3) is 0.818. The van der Waals surface area contributed by atoms with Crippen LogP contribution in [0.25, 0.3) is 0 Å². The Hall–Kier alpha value is -2.06. The van der Waals surface area contributed by atoms with E-state index in [1.165, 1.54) is 20.5 Å². The summed E-state index contributed by atoms with van der Waals surface area (Å²) < 4.78 is 50.1. The Balaban J connectivity index is 1.33. The molecule has 5 heterocycles. The second-order valence-corrected chi connectivity index (χ2v) is 15.2. The Morgan fingerprint density at radius 3 is 2.56 bits per heavy atom. The third kappa shape index (κ3) is 2.98. The largest absolute Gasteiger partial charge is 0.469 e. The molecule has 2 N–H and O–H groups in total. The van der Waals surface area contributed by atoms with Crippen LogP contribution in [0.5, 0.6) is 0 Å². The number of aliphatic hydroxyl groups is 2. The van der Waals surface area contributed by atoms with Crippen molar-refractivity contribution in [2.75, 3.05) is 27.4 Å². The Morgan fingerprint density at radius 2 is 1.87 bits per heavy atom. The van der Waals surface area contributed by atoms with Gasteiger partial charge in [0.05, 0.1) is 44.9 Å². The molecule has 2 bridgehead atoms. The van der Waals surface area contributed by atoms with Gasteiger partial charge < -0.3 is 48.1 Å². The number of carbonyl (C=O) groups excluding carboxylic acids is 2. The van der Waals surface area contributed by atoms with Gasteiger partial charge in [0.1, 0.15) is 17.3 Å². The van der Waals surface area contributed by atoms with Crippen LogP contribution in [0.2, 0.25) is 0 Å². The molecule has 8 rings (SSSR count). The maximum Gasteiger partial charge on any atom is 0.366 e. The summed E-state index contributed by atoms with van der Waals surface area (Å²) in [4.78, 5) is 27.0. The molecule has 0 aromatic heterocycles. The molecule has 0 unspecified atom stereocenters. The first-order valence-electron chi connectivity index (χ1n) is 16.0. The van der Waals surface area contributed by atoms with Gasteiger partial charge in [0.15, 0.2) is 5.60 Å². The highest BCUT2D eigenvalue weighted by atomic mass is 16.7. The molecule has 12 nitrogen and oxygen atoms in total. The molecular formula is C33H44O12. The summed E-state index contributed by atoms with van der Waals surface area (Å²) in [6.07, 6.45) is 2.45. The van der Waals surface area contributed by atoms with Crippen molar-refractivity contribution in [1.29, 1.82) is 0 Å². The van der Waals surface area contributed by atoms with Crippen LogP contribution in [0.15, 0.2) is 24.0 Å². The normalized spacial score (nSPS) is 58.2. The number of fused-ring (bicyclic) bond motifs is 11. The zero-order chi connectivity index (χ0) is 32.2. The fourth-order valence-electron chi connectivity index (χ4n) is 12.0. The number of methoxy groups -OCH3 is 2. The molecule has 45 heavy (non-hydrogen) atoms. The Labute approximate surface area is 262 Å². The van der Waals surface area contributed by atoms with E-state index < -0.39 is 87.3 Å². The SMILES string of the molecule is C/C=C(\C)C(=O)O[C@@H]1CC[C@]23CO[C@](OC)(C(=O)OC)[C@H]2[C@@]2(C)[C@H](O[C@]4(C)[C@H]5C[C@H](O[C@@H]6OC=C[C@@]65O)[C@]24O)[C@@H]2OC[C@@]1(C)[C@H]23. The Bertz CT molecular complexity index is 1410. The summed E-state index contributed by atoms with van der Waals surface area (Å²) in [6, 6.07) is 0. The van der Waals surface area contributed by atoms with Crippen molar-refractivity contribution in [2.45, 2.75) is 107 Å². The van der Waals surface area contributed by atoms with E-state index >= 15 is 0 Å². The summed E-state index contributed by atoms with van der Waals surface area (Å²) in [5.74, 6) is -4.66. The molecular weight excluding hydrogens is 588 g/mol. The van der Waals surface area contributed by atoms with Gasteiger partial charge in [-0.05, 0) is 46.1 Å². The molecule has 4 saturated heterocycles.